The Hall–Kier alpha value is -0.780. The van der Waals surface area contributed by atoms with Crippen LogP contribution in [-0.2, 0) is 6.54 Å². The fourth-order valence-corrected chi connectivity index (χ4v) is 1.46. The minimum Gasteiger partial charge on any atom is -0.312 e. The van der Waals surface area contributed by atoms with Crippen molar-refractivity contribution in [2.45, 2.75) is 19.9 Å². The molecule has 1 N–H and O–H groups in total. The summed E-state index contributed by atoms with van der Waals surface area (Å²) >= 11 is 3.48. The normalized spacial score (nSPS) is 9.79. The van der Waals surface area contributed by atoms with Gasteiger partial charge in [-0.25, -0.2) is 0 Å². The molecule has 0 aliphatic carbocycles. The Labute approximate surface area is 94.0 Å². The van der Waals surface area contributed by atoms with Crippen LogP contribution in [0.1, 0.15) is 17.5 Å². The van der Waals surface area contributed by atoms with Crippen LogP contribution in [-0.4, -0.2) is 6.54 Å². The van der Waals surface area contributed by atoms with E-state index in [1.807, 2.05) is 0 Å². The highest BCUT2D eigenvalue weighted by atomic mass is 79.9. The number of hydrogen-bond donors (Lipinski definition) is 1. The topological polar surface area (TPSA) is 12.0 Å². The van der Waals surface area contributed by atoms with E-state index in [2.05, 4.69) is 52.3 Å². The van der Waals surface area contributed by atoms with Crippen molar-refractivity contribution in [2.75, 3.05) is 6.54 Å². The van der Waals surface area contributed by atoms with E-state index in [9.17, 15) is 0 Å². The molecule has 0 aromatic heterocycles. The summed E-state index contributed by atoms with van der Waals surface area (Å²) in [4.78, 5) is 0. The first-order chi connectivity index (χ1) is 6.74. The second-order valence-corrected chi connectivity index (χ2v) is 4.07. The average molecular weight is 252 g/mol. The summed E-state index contributed by atoms with van der Waals surface area (Å²) in [5, 5.41) is 3.29. The molecule has 1 aromatic carbocycles. The SMILES string of the molecule is C#CCCNCc1ccc(Br)c(C)c1. The zero-order chi connectivity index (χ0) is 10.4. The average Bonchev–Trinajstić information content (AvgIpc) is 2.18. The maximum Gasteiger partial charge on any atom is 0.0212 e. The highest BCUT2D eigenvalue weighted by Gasteiger charge is 1.96. The van der Waals surface area contributed by atoms with E-state index in [1.165, 1.54) is 11.1 Å². The van der Waals surface area contributed by atoms with Crippen LogP contribution in [0.15, 0.2) is 22.7 Å². The molecule has 0 aliphatic rings. The van der Waals surface area contributed by atoms with Crippen LogP contribution in [0, 0.1) is 19.3 Å². The quantitative estimate of drug-likeness (QED) is 0.641. The summed E-state index contributed by atoms with van der Waals surface area (Å²) in [6.07, 6.45) is 5.94. The van der Waals surface area contributed by atoms with E-state index in [0.717, 1.165) is 24.0 Å². The van der Waals surface area contributed by atoms with Crippen LogP contribution in [0.25, 0.3) is 0 Å². The molecule has 0 atom stereocenters. The molecule has 0 fully saturated rings. The van der Waals surface area contributed by atoms with E-state index in [-0.39, 0.29) is 0 Å². The van der Waals surface area contributed by atoms with Crippen molar-refractivity contribution in [3.63, 3.8) is 0 Å². The highest BCUT2D eigenvalue weighted by molar-refractivity contribution is 9.10. The van der Waals surface area contributed by atoms with Gasteiger partial charge in [-0.15, -0.1) is 12.3 Å². The first kappa shape index (κ1) is 11.3. The predicted octanol–water partition coefficient (Wildman–Crippen LogP) is 2.87. The van der Waals surface area contributed by atoms with Gasteiger partial charge in [-0.3, -0.25) is 0 Å². The lowest BCUT2D eigenvalue weighted by atomic mass is 10.1. The molecule has 0 amide bonds. The molecular weight excluding hydrogens is 238 g/mol. The smallest absolute Gasteiger partial charge is 0.0212 e. The minimum absolute atomic E-state index is 0.787. The van der Waals surface area contributed by atoms with Gasteiger partial charge in [-0.1, -0.05) is 28.1 Å². The van der Waals surface area contributed by atoms with E-state index in [4.69, 9.17) is 6.42 Å². The van der Waals surface area contributed by atoms with Gasteiger partial charge < -0.3 is 5.32 Å². The van der Waals surface area contributed by atoms with Crippen molar-refractivity contribution in [3.8, 4) is 12.3 Å². The maximum absolute atomic E-state index is 5.16. The number of nitrogens with one attached hydrogen (secondary N) is 1. The molecule has 1 nitrogen and oxygen atoms in total. The van der Waals surface area contributed by atoms with Crippen LogP contribution < -0.4 is 5.32 Å². The lowest BCUT2D eigenvalue weighted by Crippen LogP contribution is -2.14. The van der Waals surface area contributed by atoms with Gasteiger partial charge in [0.05, 0.1) is 0 Å². The van der Waals surface area contributed by atoms with Gasteiger partial charge in [0.1, 0.15) is 0 Å². The number of rotatable bonds is 4. The van der Waals surface area contributed by atoms with E-state index in [1.54, 1.807) is 0 Å². The summed E-state index contributed by atoms with van der Waals surface area (Å²) < 4.78 is 1.16. The zero-order valence-electron chi connectivity index (χ0n) is 8.31. The standard InChI is InChI=1S/C12H14BrN/c1-3-4-7-14-9-11-5-6-12(13)10(2)8-11/h1,5-6,8,14H,4,7,9H2,2H3. The van der Waals surface area contributed by atoms with Crippen molar-refractivity contribution in [1.82, 2.24) is 5.32 Å². The molecule has 0 spiro atoms. The third kappa shape index (κ3) is 3.53. The van der Waals surface area contributed by atoms with Crippen LogP contribution in [0.2, 0.25) is 0 Å². The number of halogens is 1. The number of aryl methyl sites for hydroxylation is 1. The number of terminal acetylenes is 1. The number of hydrogen-bond acceptors (Lipinski definition) is 1. The van der Waals surface area contributed by atoms with E-state index < -0.39 is 0 Å². The lowest BCUT2D eigenvalue weighted by Gasteiger charge is -2.05. The molecule has 0 saturated carbocycles. The summed E-state index contributed by atoms with van der Waals surface area (Å²) in [5.41, 5.74) is 2.56. The van der Waals surface area contributed by atoms with Crippen molar-refractivity contribution in [2.24, 2.45) is 0 Å². The Morgan fingerprint density at radius 1 is 1.50 bits per heavy atom. The summed E-state index contributed by atoms with van der Waals surface area (Å²) in [5.74, 6) is 2.60. The van der Waals surface area contributed by atoms with Crippen LogP contribution in [0.4, 0.5) is 0 Å². The van der Waals surface area contributed by atoms with Crippen molar-refractivity contribution < 1.29 is 0 Å². The Morgan fingerprint density at radius 3 is 2.93 bits per heavy atom. The first-order valence-electron chi connectivity index (χ1n) is 4.63. The maximum atomic E-state index is 5.16. The Kier molecular flexibility index (Phi) is 4.72. The van der Waals surface area contributed by atoms with Gasteiger partial charge in [-0.05, 0) is 24.1 Å². The molecule has 14 heavy (non-hydrogen) atoms. The molecule has 2 heteroatoms. The molecule has 0 bridgehead atoms. The molecule has 1 aromatic rings. The summed E-state index contributed by atoms with van der Waals surface area (Å²) in [6.45, 7) is 3.86. The second kappa shape index (κ2) is 5.85. The van der Waals surface area contributed by atoms with Gasteiger partial charge in [0.15, 0.2) is 0 Å². The van der Waals surface area contributed by atoms with Gasteiger partial charge >= 0.3 is 0 Å². The Morgan fingerprint density at radius 2 is 2.29 bits per heavy atom. The summed E-state index contributed by atoms with van der Waals surface area (Å²) in [6, 6.07) is 6.36. The van der Waals surface area contributed by atoms with Crippen molar-refractivity contribution in [1.29, 1.82) is 0 Å². The van der Waals surface area contributed by atoms with Crippen LogP contribution in [0.3, 0.4) is 0 Å². The third-order valence-corrected chi connectivity index (χ3v) is 2.89. The Balaban J connectivity index is 2.44. The van der Waals surface area contributed by atoms with Gasteiger partial charge in [-0.2, -0.15) is 0 Å². The molecule has 0 saturated heterocycles. The molecule has 74 valence electrons. The molecular formula is C12H14BrN. The first-order valence-corrected chi connectivity index (χ1v) is 5.42. The monoisotopic (exact) mass is 251 g/mol. The fourth-order valence-electron chi connectivity index (χ4n) is 1.21. The zero-order valence-corrected chi connectivity index (χ0v) is 9.89. The third-order valence-electron chi connectivity index (χ3n) is 2.00. The summed E-state index contributed by atoms with van der Waals surface area (Å²) in [7, 11) is 0. The molecule has 0 unspecified atom stereocenters. The Bertz CT molecular complexity index is 339. The minimum atomic E-state index is 0.787. The van der Waals surface area contributed by atoms with Crippen LogP contribution in [0.5, 0.6) is 0 Å². The van der Waals surface area contributed by atoms with Crippen LogP contribution >= 0.6 is 15.9 Å². The fraction of sp³-hybridized carbons (Fsp3) is 0.333. The largest absolute Gasteiger partial charge is 0.312 e. The van der Waals surface area contributed by atoms with Crippen molar-refractivity contribution >= 4 is 15.9 Å². The van der Waals surface area contributed by atoms with Gasteiger partial charge in [0.25, 0.3) is 0 Å². The van der Waals surface area contributed by atoms with Gasteiger partial charge in [0, 0.05) is 24.0 Å². The highest BCUT2D eigenvalue weighted by Crippen LogP contribution is 2.16. The molecule has 0 aliphatic heterocycles. The predicted molar refractivity (Wildman–Crippen MR) is 64.0 cm³/mol. The number of benzene rings is 1. The van der Waals surface area contributed by atoms with E-state index in [0.29, 0.717) is 0 Å². The van der Waals surface area contributed by atoms with E-state index >= 15 is 0 Å². The lowest BCUT2D eigenvalue weighted by molar-refractivity contribution is 0.701. The molecule has 0 radical (unpaired) electrons. The van der Waals surface area contributed by atoms with Gasteiger partial charge in [0.2, 0.25) is 0 Å². The molecule has 1 rings (SSSR count). The van der Waals surface area contributed by atoms with Crippen molar-refractivity contribution in [3.05, 3.63) is 33.8 Å². The second-order valence-electron chi connectivity index (χ2n) is 3.21. The molecule has 0 heterocycles.